The normalized spacial score (nSPS) is 13.3. The molecule has 0 bridgehead atoms. The highest BCUT2D eigenvalue weighted by Crippen LogP contribution is 2.24. The maximum absolute atomic E-state index is 12.2. The van der Waals surface area contributed by atoms with Gasteiger partial charge >= 0.3 is 0 Å². The summed E-state index contributed by atoms with van der Waals surface area (Å²) in [5.74, 6) is 1.37. The lowest BCUT2D eigenvalue weighted by molar-refractivity contribution is 0.167. The van der Waals surface area contributed by atoms with Gasteiger partial charge in [0.05, 0.1) is 11.0 Å². The molecule has 0 amide bonds. The number of benzene rings is 1. The van der Waals surface area contributed by atoms with Crippen molar-refractivity contribution >= 4 is 26.0 Å². The Morgan fingerprint density at radius 2 is 2.00 bits per heavy atom. The molecule has 2 rings (SSSR count). The van der Waals surface area contributed by atoms with E-state index < -0.39 is 16.1 Å². The van der Waals surface area contributed by atoms with Crippen molar-refractivity contribution in [1.82, 2.24) is 4.72 Å². The fourth-order valence-electron chi connectivity index (χ4n) is 2.21. The standard InChI is InChI=1S/C15H18BrNO4S/c1-10-9-12(11(2)21-10)14(18)7-8-17-22(19,20)15-6-4-3-5-13(15)16/h3-6,9,14,17-18H,7-8H2,1-2H3/t14-/m0/s1. The first-order valence-corrected chi connectivity index (χ1v) is 9.08. The first-order valence-electron chi connectivity index (χ1n) is 6.80. The van der Waals surface area contributed by atoms with Crippen molar-refractivity contribution in [3.63, 3.8) is 0 Å². The Hall–Kier alpha value is -1.15. The molecule has 0 aliphatic carbocycles. The van der Waals surface area contributed by atoms with Gasteiger partial charge in [0.2, 0.25) is 10.0 Å². The second-order valence-corrected chi connectivity index (χ2v) is 7.59. The molecule has 0 spiro atoms. The van der Waals surface area contributed by atoms with Crippen molar-refractivity contribution in [3.05, 3.63) is 51.9 Å². The van der Waals surface area contributed by atoms with Gasteiger partial charge in [-0.3, -0.25) is 0 Å². The van der Waals surface area contributed by atoms with E-state index in [1.807, 2.05) is 0 Å². The number of sulfonamides is 1. The largest absolute Gasteiger partial charge is 0.466 e. The van der Waals surface area contributed by atoms with Crippen LogP contribution in [-0.2, 0) is 10.0 Å². The van der Waals surface area contributed by atoms with Gasteiger partial charge in [0, 0.05) is 16.6 Å². The summed E-state index contributed by atoms with van der Waals surface area (Å²) >= 11 is 3.22. The minimum Gasteiger partial charge on any atom is -0.466 e. The molecular formula is C15H18BrNO4S. The number of hydrogen-bond donors (Lipinski definition) is 2. The van der Waals surface area contributed by atoms with Crippen molar-refractivity contribution in [1.29, 1.82) is 0 Å². The quantitative estimate of drug-likeness (QED) is 0.797. The lowest BCUT2D eigenvalue weighted by Crippen LogP contribution is -2.26. The average molecular weight is 388 g/mol. The molecule has 0 aliphatic heterocycles. The van der Waals surface area contributed by atoms with Crippen LogP contribution in [0.1, 0.15) is 29.6 Å². The van der Waals surface area contributed by atoms with Gasteiger partial charge in [0.15, 0.2) is 0 Å². The fraction of sp³-hybridized carbons (Fsp3) is 0.333. The molecule has 22 heavy (non-hydrogen) atoms. The second kappa shape index (κ2) is 6.95. The average Bonchev–Trinajstić information content (AvgIpc) is 2.77. The Balaban J connectivity index is 1.99. The van der Waals surface area contributed by atoms with Crippen LogP contribution in [0.15, 0.2) is 44.1 Å². The van der Waals surface area contributed by atoms with Gasteiger partial charge in [-0.2, -0.15) is 0 Å². The molecule has 7 heteroatoms. The molecular weight excluding hydrogens is 370 g/mol. The van der Waals surface area contributed by atoms with E-state index >= 15 is 0 Å². The van der Waals surface area contributed by atoms with Crippen LogP contribution in [0.25, 0.3) is 0 Å². The number of hydrogen-bond acceptors (Lipinski definition) is 4. The van der Waals surface area contributed by atoms with Crippen LogP contribution < -0.4 is 4.72 Å². The first kappa shape index (κ1) is 17.2. The van der Waals surface area contributed by atoms with Gasteiger partial charge in [0.1, 0.15) is 11.5 Å². The molecule has 1 atom stereocenters. The highest BCUT2D eigenvalue weighted by Gasteiger charge is 2.19. The van der Waals surface area contributed by atoms with E-state index in [0.717, 1.165) is 5.76 Å². The topological polar surface area (TPSA) is 79.5 Å². The summed E-state index contributed by atoms with van der Waals surface area (Å²) < 4.78 is 32.8. The maximum atomic E-state index is 12.2. The third-order valence-electron chi connectivity index (χ3n) is 3.27. The van der Waals surface area contributed by atoms with Gasteiger partial charge in [0.25, 0.3) is 0 Å². The highest BCUT2D eigenvalue weighted by atomic mass is 79.9. The smallest absolute Gasteiger partial charge is 0.241 e. The molecule has 2 aromatic rings. The van der Waals surface area contributed by atoms with E-state index in [-0.39, 0.29) is 17.9 Å². The SMILES string of the molecule is Cc1cc([C@@H](O)CCNS(=O)(=O)c2ccccc2Br)c(C)o1. The van der Waals surface area contributed by atoms with E-state index in [4.69, 9.17) is 4.42 Å². The molecule has 5 nitrogen and oxygen atoms in total. The predicted molar refractivity (Wildman–Crippen MR) is 87.1 cm³/mol. The van der Waals surface area contributed by atoms with Crippen molar-refractivity contribution in [3.8, 4) is 0 Å². The zero-order valence-corrected chi connectivity index (χ0v) is 14.7. The maximum Gasteiger partial charge on any atom is 0.241 e. The van der Waals surface area contributed by atoms with Gasteiger partial charge < -0.3 is 9.52 Å². The fourth-order valence-corrected chi connectivity index (χ4v) is 4.26. The predicted octanol–water partition coefficient (Wildman–Crippen LogP) is 3.06. The molecule has 1 aromatic heterocycles. The summed E-state index contributed by atoms with van der Waals surface area (Å²) in [5.41, 5.74) is 0.692. The van der Waals surface area contributed by atoms with Crippen LogP contribution in [0.4, 0.5) is 0 Å². The number of aliphatic hydroxyl groups excluding tert-OH is 1. The second-order valence-electron chi connectivity index (χ2n) is 5.00. The molecule has 0 radical (unpaired) electrons. The van der Waals surface area contributed by atoms with Crippen LogP contribution in [0.2, 0.25) is 0 Å². The number of aliphatic hydroxyl groups is 1. The van der Waals surface area contributed by atoms with Gasteiger partial charge in [-0.25, -0.2) is 13.1 Å². The van der Waals surface area contributed by atoms with E-state index in [1.165, 1.54) is 6.07 Å². The Kier molecular flexibility index (Phi) is 5.44. The minimum atomic E-state index is -3.61. The van der Waals surface area contributed by atoms with Crippen molar-refractivity contribution in [2.45, 2.75) is 31.3 Å². The van der Waals surface area contributed by atoms with Crippen LogP contribution in [0.3, 0.4) is 0 Å². The summed E-state index contributed by atoms with van der Waals surface area (Å²) in [7, 11) is -3.61. The molecule has 1 aromatic carbocycles. The Bertz CT molecular complexity index is 755. The molecule has 0 unspecified atom stereocenters. The molecule has 1 heterocycles. The molecule has 0 saturated heterocycles. The van der Waals surface area contributed by atoms with E-state index in [1.54, 1.807) is 38.1 Å². The van der Waals surface area contributed by atoms with Crippen LogP contribution in [-0.4, -0.2) is 20.1 Å². The number of halogens is 1. The van der Waals surface area contributed by atoms with Crippen molar-refractivity contribution < 1.29 is 17.9 Å². The van der Waals surface area contributed by atoms with Gasteiger partial charge in [-0.1, -0.05) is 12.1 Å². The Morgan fingerprint density at radius 1 is 1.32 bits per heavy atom. The van der Waals surface area contributed by atoms with Crippen molar-refractivity contribution in [2.75, 3.05) is 6.54 Å². The van der Waals surface area contributed by atoms with Crippen LogP contribution in [0.5, 0.6) is 0 Å². The zero-order chi connectivity index (χ0) is 16.3. The lowest BCUT2D eigenvalue weighted by atomic mass is 10.1. The summed E-state index contributed by atoms with van der Waals surface area (Å²) in [6, 6.07) is 8.36. The first-order chi connectivity index (χ1) is 10.3. The number of nitrogens with one attached hydrogen (secondary N) is 1. The molecule has 2 N–H and O–H groups in total. The summed E-state index contributed by atoms with van der Waals surface area (Å²) in [4.78, 5) is 0.180. The lowest BCUT2D eigenvalue weighted by Gasteiger charge is -2.11. The summed E-state index contributed by atoms with van der Waals surface area (Å²) in [6.45, 7) is 3.71. The van der Waals surface area contributed by atoms with Crippen LogP contribution in [0, 0.1) is 13.8 Å². The van der Waals surface area contributed by atoms with E-state index in [0.29, 0.717) is 15.8 Å². The molecule has 0 saturated carbocycles. The summed E-state index contributed by atoms with van der Waals surface area (Å²) in [5, 5.41) is 10.1. The zero-order valence-electron chi connectivity index (χ0n) is 12.3. The van der Waals surface area contributed by atoms with Gasteiger partial charge in [-0.05, 0) is 54.4 Å². The number of furan rings is 1. The molecule has 120 valence electrons. The molecule has 0 aliphatic rings. The summed E-state index contributed by atoms with van der Waals surface area (Å²) in [6.07, 6.45) is -0.497. The highest BCUT2D eigenvalue weighted by molar-refractivity contribution is 9.10. The number of aryl methyl sites for hydroxylation is 2. The Labute approximate surface area is 138 Å². The van der Waals surface area contributed by atoms with E-state index in [9.17, 15) is 13.5 Å². The molecule has 0 fully saturated rings. The van der Waals surface area contributed by atoms with Crippen LogP contribution >= 0.6 is 15.9 Å². The van der Waals surface area contributed by atoms with E-state index in [2.05, 4.69) is 20.7 Å². The third-order valence-corrected chi connectivity index (χ3v) is 5.75. The Morgan fingerprint density at radius 3 is 2.59 bits per heavy atom. The minimum absolute atomic E-state index is 0.133. The van der Waals surface area contributed by atoms with Crippen molar-refractivity contribution in [2.24, 2.45) is 0 Å². The third kappa shape index (κ3) is 3.98. The monoisotopic (exact) mass is 387 g/mol. The number of rotatable bonds is 6. The van der Waals surface area contributed by atoms with Gasteiger partial charge in [-0.15, -0.1) is 0 Å².